The fourth-order valence-electron chi connectivity index (χ4n) is 3.69. The molecule has 0 saturated heterocycles. The van der Waals surface area contributed by atoms with E-state index in [1.54, 1.807) is 31.4 Å². The molecule has 2 aliphatic rings. The van der Waals surface area contributed by atoms with Gasteiger partial charge < -0.3 is 23.7 Å². The number of carbonyl (C=O) groups excluding carboxylic acids is 1. The molecule has 152 valence electrons. The van der Waals surface area contributed by atoms with Crippen LogP contribution in [0, 0.1) is 0 Å². The molecule has 30 heavy (non-hydrogen) atoms. The van der Waals surface area contributed by atoms with Gasteiger partial charge in [0.1, 0.15) is 30.5 Å². The number of Topliss-reactive ketones (excluding diaryl/α,β-unsaturated/α-hetero) is 1. The highest BCUT2D eigenvalue weighted by Gasteiger charge is 2.34. The average Bonchev–Trinajstić information content (AvgIpc) is 3.25. The Labute approximate surface area is 173 Å². The highest BCUT2D eigenvalue weighted by atomic mass is 16.7. The van der Waals surface area contributed by atoms with Gasteiger partial charge in [-0.05, 0) is 23.8 Å². The summed E-state index contributed by atoms with van der Waals surface area (Å²) in [6.45, 7) is 0.734. The molecule has 1 unspecified atom stereocenters. The number of methoxy groups -OCH3 is 1. The summed E-state index contributed by atoms with van der Waals surface area (Å²) in [7, 11) is 1.58. The molecule has 1 atom stereocenters. The average molecular weight is 404 g/mol. The molecular formula is C24H20O6. The minimum absolute atomic E-state index is 0.0256. The molecule has 0 aromatic heterocycles. The molecule has 2 heterocycles. The van der Waals surface area contributed by atoms with Gasteiger partial charge in [0.25, 0.3) is 0 Å². The molecule has 0 bridgehead atoms. The van der Waals surface area contributed by atoms with Crippen LogP contribution in [0.4, 0.5) is 0 Å². The van der Waals surface area contributed by atoms with E-state index in [1.165, 1.54) is 0 Å². The maximum Gasteiger partial charge on any atom is 0.231 e. The normalized spacial score (nSPS) is 16.6. The van der Waals surface area contributed by atoms with Crippen LogP contribution >= 0.6 is 0 Å². The number of hydrogen-bond donors (Lipinski definition) is 0. The second kappa shape index (κ2) is 7.63. The van der Waals surface area contributed by atoms with Gasteiger partial charge >= 0.3 is 0 Å². The summed E-state index contributed by atoms with van der Waals surface area (Å²) < 4.78 is 28.3. The van der Waals surface area contributed by atoms with E-state index in [0.717, 1.165) is 11.1 Å². The highest BCUT2D eigenvalue weighted by molar-refractivity contribution is 6.04. The maximum atomic E-state index is 13.3. The van der Waals surface area contributed by atoms with E-state index < -0.39 is 5.92 Å². The molecule has 0 fully saturated rings. The van der Waals surface area contributed by atoms with Crippen LogP contribution < -0.4 is 23.7 Å². The minimum atomic E-state index is -0.508. The lowest BCUT2D eigenvalue weighted by Gasteiger charge is -2.26. The van der Waals surface area contributed by atoms with E-state index in [0.29, 0.717) is 40.9 Å². The Bertz CT molecular complexity index is 1090. The fraction of sp³-hybridized carbons (Fsp3) is 0.208. The number of ether oxygens (including phenoxy) is 5. The predicted octanol–water partition coefficient (Wildman–Crippen LogP) is 4.36. The SMILES string of the molecule is COc1ccc2c(c1)OCC(c1cc3c(cc1OCc1ccccc1)OCO3)C2=O. The first kappa shape index (κ1) is 18.4. The Morgan fingerprint density at radius 3 is 2.53 bits per heavy atom. The molecule has 3 aromatic carbocycles. The van der Waals surface area contributed by atoms with E-state index in [-0.39, 0.29) is 19.2 Å². The summed E-state index contributed by atoms with van der Waals surface area (Å²) >= 11 is 0. The first-order valence-electron chi connectivity index (χ1n) is 9.68. The van der Waals surface area contributed by atoms with Crippen molar-refractivity contribution in [1.82, 2.24) is 0 Å². The molecule has 0 radical (unpaired) electrons. The van der Waals surface area contributed by atoms with Crippen molar-refractivity contribution in [3.63, 3.8) is 0 Å². The molecule has 0 spiro atoms. The number of rotatable bonds is 5. The van der Waals surface area contributed by atoms with Gasteiger partial charge in [-0.2, -0.15) is 0 Å². The van der Waals surface area contributed by atoms with Crippen LogP contribution in [0.5, 0.6) is 28.7 Å². The lowest BCUT2D eigenvalue weighted by molar-refractivity contribution is 0.0893. The third kappa shape index (κ3) is 3.30. The zero-order valence-electron chi connectivity index (χ0n) is 16.4. The van der Waals surface area contributed by atoms with Crippen LogP contribution in [-0.4, -0.2) is 26.3 Å². The molecule has 0 N–H and O–H groups in total. The second-order valence-corrected chi connectivity index (χ2v) is 7.11. The van der Waals surface area contributed by atoms with Crippen LogP contribution in [0.2, 0.25) is 0 Å². The number of fused-ring (bicyclic) bond motifs is 2. The Morgan fingerprint density at radius 2 is 1.73 bits per heavy atom. The Kier molecular flexibility index (Phi) is 4.67. The highest BCUT2D eigenvalue weighted by Crippen LogP contribution is 2.44. The van der Waals surface area contributed by atoms with E-state index in [1.807, 2.05) is 36.4 Å². The third-order valence-electron chi connectivity index (χ3n) is 5.29. The van der Waals surface area contributed by atoms with Crippen molar-refractivity contribution in [3.8, 4) is 28.7 Å². The fourth-order valence-corrected chi connectivity index (χ4v) is 3.69. The van der Waals surface area contributed by atoms with Gasteiger partial charge in [-0.15, -0.1) is 0 Å². The molecule has 6 heteroatoms. The van der Waals surface area contributed by atoms with Crippen molar-refractivity contribution in [1.29, 1.82) is 0 Å². The standard InChI is InChI=1S/C24H20O6/c1-26-16-7-8-17-20(9-16)28-13-19(24(17)25)18-10-22-23(30-14-29-22)11-21(18)27-12-15-5-3-2-4-6-15/h2-11,19H,12-14H2,1H3. The van der Waals surface area contributed by atoms with Crippen molar-refractivity contribution >= 4 is 5.78 Å². The monoisotopic (exact) mass is 404 g/mol. The Morgan fingerprint density at radius 1 is 0.933 bits per heavy atom. The molecule has 0 amide bonds. The first-order chi connectivity index (χ1) is 14.7. The number of ketones is 1. The Balaban J connectivity index is 1.49. The van der Waals surface area contributed by atoms with Gasteiger partial charge in [0, 0.05) is 17.7 Å². The number of hydrogen-bond acceptors (Lipinski definition) is 6. The van der Waals surface area contributed by atoms with Crippen LogP contribution in [0.3, 0.4) is 0 Å². The number of benzene rings is 3. The summed E-state index contributed by atoms with van der Waals surface area (Å²) in [5.74, 6) is 2.44. The van der Waals surface area contributed by atoms with Crippen LogP contribution in [-0.2, 0) is 6.61 Å². The minimum Gasteiger partial charge on any atom is -0.497 e. The van der Waals surface area contributed by atoms with Crippen molar-refractivity contribution in [3.05, 3.63) is 77.4 Å². The third-order valence-corrected chi connectivity index (χ3v) is 5.29. The summed E-state index contributed by atoms with van der Waals surface area (Å²) in [6, 6.07) is 18.7. The maximum absolute atomic E-state index is 13.3. The van der Waals surface area contributed by atoms with Gasteiger partial charge in [-0.3, -0.25) is 4.79 Å². The molecule has 5 rings (SSSR count). The van der Waals surface area contributed by atoms with Gasteiger partial charge in [-0.25, -0.2) is 0 Å². The molecule has 6 nitrogen and oxygen atoms in total. The topological polar surface area (TPSA) is 63.2 Å². The summed E-state index contributed by atoms with van der Waals surface area (Å²) in [5, 5.41) is 0. The van der Waals surface area contributed by atoms with Crippen molar-refractivity contribution in [2.45, 2.75) is 12.5 Å². The second-order valence-electron chi connectivity index (χ2n) is 7.11. The van der Waals surface area contributed by atoms with Gasteiger partial charge in [0.15, 0.2) is 17.3 Å². The smallest absolute Gasteiger partial charge is 0.231 e. The quantitative estimate of drug-likeness (QED) is 0.630. The lowest BCUT2D eigenvalue weighted by Crippen LogP contribution is -2.26. The van der Waals surface area contributed by atoms with E-state index in [9.17, 15) is 4.79 Å². The first-order valence-corrected chi connectivity index (χ1v) is 9.68. The van der Waals surface area contributed by atoms with Gasteiger partial charge in [-0.1, -0.05) is 30.3 Å². The van der Waals surface area contributed by atoms with E-state index in [2.05, 4.69) is 0 Å². The van der Waals surface area contributed by atoms with Crippen molar-refractivity contribution < 1.29 is 28.5 Å². The van der Waals surface area contributed by atoms with Crippen LogP contribution in [0.25, 0.3) is 0 Å². The molecule has 3 aromatic rings. The van der Waals surface area contributed by atoms with Gasteiger partial charge in [0.05, 0.1) is 18.6 Å². The Hall–Kier alpha value is -3.67. The molecular weight excluding hydrogens is 384 g/mol. The van der Waals surface area contributed by atoms with Crippen molar-refractivity contribution in [2.24, 2.45) is 0 Å². The molecule has 0 aliphatic carbocycles. The van der Waals surface area contributed by atoms with E-state index in [4.69, 9.17) is 23.7 Å². The van der Waals surface area contributed by atoms with Crippen LogP contribution in [0.15, 0.2) is 60.7 Å². The summed E-state index contributed by atoms with van der Waals surface area (Å²) in [5.41, 5.74) is 2.28. The summed E-state index contributed by atoms with van der Waals surface area (Å²) in [4.78, 5) is 13.3. The van der Waals surface area contributed by atoms with E-state index >= 15 is 0 Å². The van der Waals surface area contributed by atoms with Crippen LogP contribution in [0.1, 0.15) is 27.4 Å². The lowest BCUT2D eigenvalue weighted by atomic mass is 9.88. The molecule has 0 saturated carbocycles. The summed E-state index contributed by atoms with van der Waals surface area (Å²) in [6.07, 6.45) is 0. The zero-order chi connectivity index (χ0) is 20.5. The largest absolute Gasteiger partial charge is 0.497 e. The van der Waals surface area contributed by atoms with Crippen molar-refractivity contribution in [2.75, 3.05) is 20.5 Å². The number of carbonyl (C=O) groups is 1. The zero-order valence-corrected chi connectivity index (χ0v) is 16.4. The molecule has 2 aliphatic heterocycles. The van der Waals surface area contributed by atoms with Gasteiger partial charge in [0.2, 0.25) is 6.79 Å². The predicted molar refractivity (Wildman–Crippen MR) is 109 cm³/mol.